The van der Waals surface area contributed by atoms with E-state index < -0.39 is 12.0 Å². The molecule has 0 saturated carbocycles. The van der Waals surface area contributed by atoms with Gasteiger partial charge in [-0.05, 0) is 50.6 Å². The first kappa shape index (κ1) is 22.7. The van der Waals surface area contributed by atoms with Gasteiger partial charge in [0.25, 0.3) is 0 Å². The van der Waals surface area contributed by atoms with Gasteiger partial charge in [-0.2, -0.15) is 10.1 Å². The Balaban J connectivity index is 1.72. The number of ether oxygens (including phenoxy) is 1. The summed E-state index contributed by atoms with van der Waals surface area (Å²) in [6.45, 7) is 5.78. The summed E-state index contributed by atoms with van der Waals surface area (Å²) < 4.78 is 7.97. The number of carbonyl (C=O) groups excluding carboxylic acids is 2. The number of amides is 1. The van der Waals surface area contributed by atoms with Gasteiger partial charge in [0, 0.05) is 15.9 Å². The molecule has 9 heteroatoms. The van der Waals surface area contributed by atoms with Crippen molar-refractivity contribution in [2.45, 2.75) is 26.8 Å². The van der Waals surface area contributed by atoms with Gasteiger partial charge in [0.1, 0.15) is 18.9 Å². The Morgan fingerprint density at radius 2 is 1.79 bits per heavy atom. The molecule has 0 bridgehead atoms. The predicted molar refractivity (Wildman–Crippen MR) is 129 cm³/mol. The molecule has 1 atom stereocenters. The molecule has 2 aromatic carbocycles. The van der Waals surface area contributed by atoms with Crippen molar-refractivity contribution in [1.29, 1.82) is 0 Å². The fourth-order valence-electron chi connectivity index (χ4n) is 3.83. The van der Waals surface area contributed by atoms with E-state index in [-0.39, 0.29) is 19.1 Å². The summed E-state index contributed by atoms with van der Waals surface area (Å²) in [7, 11) is 0. The number of nitrogens with zero attached hydrogens (tertiary/aromatic N) is 4. The van der Waals surface area contributed by atoms with Crippen molar-refractivity contribution in [1.82, 2.24) is 14.8 Å². The van der Waals surface area contributed by atoms with E-state index in [1.807, 2.05) is 43.3 Å². The molecule has 1 aliphatic heterocycles. The van der Waals surface area contributed by atoms with Crippen molar-refractivity contribution in [2.24, 2.45) is 0 Å². The van der Waals surface area contributed by atoms with Gasteiger partial charge in [-0.15, -0.1) is 0 Å². The summed E-state index contributed by atoms with van der Waals surface area (Å²) in [4.78, 5) is 32.0. The smallest absolute Gasteiger partial charge is 0.338 e. The van der Waals surface area contributed by atoms with E-state index in [4.69, 9.17) is 4.74 Å². The van der Waals surface area contributed by atoms with Crippen molar-refractivity contribution < 1.29 is 14.3 Å². The van der Waals surface area contributed by atoms with E-state index in [2.05, 4.69) is 31.3 Å². The first-order valence-electron chi connectivity index (χ1n) is 10.6. The van der Waals surface area contributed by atoms with Crippen molar-refractivity contribution in [2.75, 3.05) is 23.4 Å². The lowest BCUT2D eigenvalue weighted by Gasteiger charge is -2.35. The predicted octanol–water partition coefficient (Wildman–Crippen LogP) is 4.23. The van der Waals surface area contributed by atoms with E-state index in [1.54, 1.807) is 35.6 Å². The number of fused-ring (bicyclic) bond motifs is 1. The van der Waals surface area contributed by atoms with E-state index in [0.717, 1.165) is 15.6 Å². The Morgan fingerprint density at radius 3 is 2.45 bits per heavy atom. The fourth-order valence-corrected chi connectivity index (χ4v) is 4.09. The van der Waals surface area contributed by atoms with Crippen LogP contribution in [0.15, 0.2) is 70.6 Å². The Hall–Kier alpha value is -3.46. The lowest BCUT2D eigenvalue weighted by molar-refractivity contribution is -0.139. The third kappa shape index (κ3) is 4.68. The van der Waals surface area contributed by atoms with Crippen LogP contribution in [0.1, 0.15) is 31.0 Å². The molecule has 8 nitrogen and oxygen atoms in total. The minimum Gasteiger partial charge on any atom is -0.463 e. The van der Waals surface area contributed by atoms with Crippen LogP contribution in [-0.2, 0) is 14.3 Å². The molecule has 1 aliphatic rings. The Morgan fingerprint density at radius 1 is 1.09 bits per heavy atom. The van der Waals surface area contributed by atoms with Crippen LogP contribution in [0.25, 0.3) is 0 Å². The zero-order chi connectivity index (χ0) is 23.5. The molecule has 0 fully saturated rings. The quantitative estimate of drug-likeness (QED) is 0.500. The third-order valence-corrected chi connectivity index (χ3v) is 5.96. The maximum Gasteiger partial charge on any atom is 0.338 e. The van der Waals surface area contributed by atoms with Crippen LogP contribution in [0.5, 0.6) is 0 Å². The molecule has 33 heavy (non-hydrogen) atoms. The van der Waals surface area contributed by atoms with Gasteiger partial charge in [0.05, 0.1) is 12.2 Å². The molecule has 0 unspecified atom stereocenters. The molecule has 170 valence electrons. The lowest BCUT2D eigenvalue weighted by atomic mass is 9.94. The van der Waals surface area contributed by atoms with Crippen molar-refractivity contribution in [3.05, 3.63) is 81.7 Å². The van der Waals surface area contributed by atoms with Crippen molar-refractivity contribution >= 4 is 39.4 Å². The summed E-state index contributed by atoms with van der Waals surface area (Å²) in [5, 5.41) is 7.28. The maximum atomic E-state index is 13.1. The summed E-state index contributed by atoms with van der Waals surface area (Å²) >= 11 is 3.39. The van der Waals surface area contributed by atoms with E-state index >= 15 is 0 Å². The maximum absolute atomic E-state index is 13.1. The molecule has 0 aliphatic carbocycles. The topological polar surface area (TPSA) is 89.3 Å². The van der Waals surface area contributed by atoms with Gasteiger partial charge in [0.2, 0.25) is 11.9 Å². The highest BCUT2D eigenvalue weighted by Crippen LogP contribution is 2.38. The van der Waals surface area contributed by atoms with E-state index in [0.29, 0.717) is 22.9 Å². The molecule has 0 saturated heterocycles. The minimum atomic E-state index is -0.507. The largest absolute Gasteiger partial charge is 0.463 e. The van der Waals surface area contributed by atoms with Crippen molar-refractivity contribution in [3.8, 4) is 0 Å². The monoisotopic (exact) mass is 509 g/mol. The fraction of sp³-hybridized carbons (Fsp3) is 0.250. The molecule has 1 aromatic heterocycles. The van der Waals surface area contributed by atoms with Crippen LogP contribution in [0, 0.1) is 6.92 Å². The molecule has 4 rings (SSSR count). The molecule has 0 radical (unpaired) electrons. The zero-order valence-corrected chi connectivity index (χ0v) is 20.2. The van der Waals surface area contributed by atoms with Crippen LogP contribution >= 0.6 is 15.9 Å². The number of nitrogens with one attached hydrogen (secondary N) is 1. The Bertz CT molecular complexity index is 1200. The summed E-state index contributed by atoms with van der Waals surface area (Å²) in [6, 6.07) is 14.7. The molecule has 2 heterocycles. The molecular formula is C24H24BrN5O3. The number of halogens is 1. The van der Waals surface area contributed by atoms with Gasteiger partial charge in [-0.1, -0.05) is 45.8 Å². The first-order valence-corrected chi connectivity index (χ1v) is 11.3. The highest BCUT2D eigenvalue weighted by atomic mass is 79.9. The molecule has 1 amide bonds. The summed E-state index contributed by atoms with van der Waals surface area (Å²) in [6.07, 6.45) is 1.43. The Labute approximate surface area is 200 Å². The highest BCUT2D eigenvalue weighted by Gasteiger charge is 2.38. The number of esters is 1. The summed E-state index contributed by atoms with van der Waals surface area (Å²) in [5.74, 6) is -0.208. The van der Waals surface area contributed by atoms with Crippen LogP contribution in [0.4, 0.5) is 11.6 Å². The number of hydrogen-bond donors (Lipinski definition) is 1. The number of anilines is 2. The number of allylic oxidation sites excluding steroid dienone is 1. The second-order valence-corrected chi connectivity index (χ2v) is 8.59. The second-order valence-electron chi connectivity index (χ2n) is 7.68. The number of rotatable bonds is 6. The first-order chi connectivity index (χ1) is 15.9. The van der Waals surface area contributed by atoms with Gasteiger partial charge in [-0.25, -0.2) is 9.48 Å². The normalized spacial score (nSPS) is 15.3. The van der Waals surface area contributed by atoms with Gasteiger partial charge in [-0.3, -0.25) is 4.79 Å². The standard InChI is InChI=1S/C24H24BrN5O3/c1-4-33-23(32)21-16(3)29(13-20(31)28-19-11-9-18(25)10-12-19)24-26-14-27-30(24)22(21)17-7-5-15(2)6-8-17/h5-12,14,22H,4,13H2,1-3H3,(H,28,31)/t22-/m1/s1. The second kappa shape index (κ2) is 9.58. The average molecular weight is 510 g/mol. The Kier molecular flexibility index (Phi) is 6.60. The number of hydrogen-bond acceptors (Lipinski definition) is 6. The van der Waals surface area contributed by atoms with Gasteiger partial charge < -0.3 is 15.0 Å². The molecule has 3 aromatic rings. The van der Waals surface area contributed by atoms with Crippen LogP contribution < -0.4 is 10.2 Å². The molecule has 1 N–H and O–H groups in total. The van der Waals surface area contributed by atoms with Gasteiger partial charge in [0.15, 0.2) is 0 Å². The van der Waals surface area contributed by atoms with Crippen LogP contribution in [0.2, 0.25) is 0 Å². The third-order valence-electron chi connectivity index (χ3n) is 5.43. The van der Waals surface area contributed by atoms with E-state index in [9.17, 15) is 9.59 Å². The summed E-state index contributed by atoms with van der Waals surface area (Å²) in [5.41, 5.74) is 3.69. The minimum absolute atomic E-state index is 0.0376. The van der Waals surface area contributed by atoms with E-state index in [1.165, 1.54) is 6.33 Å². The average Bonchev–Trinajstić information content (AvgIpc) is 3.27. The number of carbonyl (C=O) groups is 2. The number of aromatic nitrogens is 3. The van der Waals surface area contributed by atoms with Crippen LogP contribution in [0.3, 0.4) is 0 Å². The zero-order valence-electron chi connectivity index (χ0n) is 18.6. The molecular weight excluding hydrogens is 486 g/mol. The van der Waals surface area contributed by atoms with Gasteiger partial charge >= 0.3 is 5.97 Å². The number of benzene rings is 2. The number of aryl methyl sites for hydroxylation is 1. The lowest BCUT2D eigenvalue weighted by Crippen LogP contribution is -2.40. The SMILES string of the molecule is CCOC(=O)C1=C(C)N(CC(=O)Nc2ccc(Br)cc2)c2ncnn2[C@@H]1c1ccc(C)cc1. The van der Waals surface area contributed by atoms with Crippen LogP contribution in [-0.4, -0.2) is 39.8 Å². The molecule has 0 spiro atoms. The van der Waals surface area contributed by atoms with Crippen molar-refractivity contribution in [3.63, 3.8) is 0 Å². The highest BCUT2D eigenvalue weighted by molar-refractivity contribution is 9.10.